The molecule has 0 bridgehead atoms. The second kappa shape index (κ2) is 7.58. The normalized spacial score (nSPS) is 15.6. The number of amides is 2. The van der Waals surface area contributed by atoms with Gasteiger partial charge in [-0.1, -0.05) is 48.5 Å². The van der Waals surface area contributed by atoms with Gasteiger partial charge in [-0.15, -0.1) is 11.3 Å². The number of urea groups is 1. The Bertz CT molecular complexity index is 894. The predicted molar refractivity (Wildman–Crippen MR) is 107 cm³/mol. The lowest BCUT2D eigenvalue weighted by molar-refractivity contribution is 0.251. The van der Waals surface area contributed by atoms with Crippen molar-refractivity contribution < 1.29 is 4.79 Å². The molecule has 1 atom stereocenters. The molecule has 0 radical (unpaired) electrons. The van der Waals surface area contributed by atoms with Gasteiger partial charge < -0.3 is 10.6 Å². The molecule has 1 aliphatic rings. The zero-order valence-corrected chi connectivity index (χ0v) is 15.1. The summed E-state index contributed by atoms with van der Waals surface area (Å²) in [4.78, 5) is 16.6. The number of carbonyl (C=O) groups excluding carboxylic acids is 1. The number of para-hydroxylation sites is 1. The van der Waals surface area contributed by atoms with Crippen LogP contribution in [0.2, 0.25) is 0 Å². The Morgan fingerprint density at radius 2 is 1.96 bits per heavy atom. The van der Waals surface area contributed by atoms with E-state index in [-0.39, 0.29) is 12.1 Å². The van der Waals surface area contributed by atoms with Crippen LogP contribution in [0.1, 0.15) is 12.0 Å². The molecule has 0 aliphatic carbocycles. The first-order chi connectivity index (χ1) is 12.8. The number of nitrogens with zero attached hydrogens (tertiary/aromatic N) is 1. The summed E-state index contributed by atoms with van der Waals surface area (Å²) in [5, 5.41) is 11.8. The molecule has 2 aromatic carbocycles. The summed E-state index contributed by atoms with van der Waals surface area (Å²) in [7, 11) is 0. The van der Waals surface area contributed by atoms with E-state index in [9.17, 15) is 4.79 Å². The Morgan fingerprint density at radius 3 is 2.85 bits per heavy atom. The van der Waals surface area contributed by atoms with E-state index in [1.54, 1.807) is 0 Å². The fourth-order valence-electron chi connectivity index (χ4n) is 3.08. The fraction of sp³-hybridized carbons (Fsp3) is 0.200. The van der Waals surface area contributed by atoms with E-state index < -0.39 is 0 Å². The summed E-state index contributed by atoms with van der Waals surface area (Å²) in [6.45, 7) is 0.580. The van der Waals surface area contributed by atoms with Crippen LogP contribution in [0.3, 0.4) is 0 Å². The highest BCUT2D eigenvalue weighted by Crippen LogP contribution is 2.25. The maximum Gasteiger partial charge on any atom is 0.321 e. The van der Waals surface area contributed by atoms with Gasteiger partial charge >= 0.3 is 6.03 Å². The van der Waals surface area contributed by atoms with Crippen LogP contribution in [0.4, 0.5) is 15.6 Å². The van der Waals surface area contributed by atoms with Gasteiger partial charge in [-0.3, -0.25) is 5.32 Å². The van der Waals surface area contributed by atoms with Crippen molar-refractivity contribution in [2.75, 3.05) is 17.2 Å². The molecule has 0 spiro atoms. The molecule has 132 valence electrons. The van der Waals surface area contributed by atoms with Gasteiger partial charge in [0.05, 0.1) is 5.69 Å². The molecular weight excluding hydrogens is 344 g/mol. The third kappa shape index (κ3) is 3.86. The topological polar surface area (TPSA) is 66.1 Å². The van der Waals surface area contributed by atoms with Gasteiger partial charge in [0.1, 0.15) is 0 Å². The van der Waals surface area contributed by atoms with E-state index in [4.69, 9.17) is 0 Å². The number of rotatable bonds is 4. The molecule has 3 N–H and O–H groups in total. The molecule has 6 heteroatoms. The van der Waals surface area contributed by atoms with Crippen molar-refractivity contribution in [3.8, 4) is 11.3 Å². The average Bonchev–Trinajstić information content (AvgIpc) is 3.15. The van der Waals surface area contributed by atoms with Crippen molar-refractivity contribution in [3.05, 3.63) is 65.5 Å². The van der Waals surface area contributed by atoms with E-state index in [2.05, 4.69) is 39.1 Å². The van der Waals surface area contributed by atoms with Crippen LogP contribution in [0.15, 0.2) is 60.0 Å². The highest BCUT2D eigenvalue weighted by molar-refractivity contribution is 7.14. The second-order valence-electron chi connectivity index (χ2n) is 6.28. The third-order valence-corrected chi connectivity index (χ3v) is 5.20. The van der Waals surface area contributed by atoms with E-state index in [0.717, 1.165) is 24.1 Å². The minimum absolute atomic E-state index is 0.223. The van der Waals surface area contributed by atoms with Crippen molar-refractivity contribution in [1.82, 2.24) is 10.3 Å². The van der Waals surface area contributed by atoms with Crippen LogP contribution in [0, 0.1) is 0 Å². The Labute approximate surface area is 156 Å². The molecule has 0 saturated carbocycles. The lowest BCUT2D eigenvalue weighted by atomic mass is 9.98. The van der Waals surface area contributed by atoms with Crippen molar-refractivity contribution in [3.63, 3.8) is 0 Å². The number of benzene rings is 2. The molecule has 0 saturated heterocycles. The van der Waals surface area contributed by atoms with Gasteiger partial charge in [0.25, 0.3) is 0 Å². The Hall–Kier alpha value is -2.86. The fourth-order valence-corrected chi connectivity index (χ4v) is 3.80. The van der Waals surface area contributed by atoms with E-state index in [1.165, 1.54) is 22.6 Å². The predicted octanol–water partition coefficient (Wildman–Crippen LogP) is 4.36. The van der Waals surface area contributed by atoms with Gasteiger partial charge in [-0.25, -0.2) is 9.78 Å². The monoisotopic (exact) mass is 364 g/mol. The number of aromatic nitrogens is 1. The van der Waals surface area contributed by atoms with Gasteiger partial charge in [-0.2, -0.15) is 0 Å². The number of aryl methyl sites for hydroxylation is 1. The number of anilines is 2. The summed E-state index contributed by atoms with van der Waals surface area (Å²) in [6.07, 6.45) is 2.04. The molecule has 4 rings (SSSR count). The maximum absolute atomic E-state index is 12.2. The molecule has 2 amide bonds. The molecule has 5 nitrogen and oxygen atoms in total. The Morgan fingerprint density at radius 1 is 1.15 bits per heavy atom. The zero-order chi connectivity index (χ0) is 17.8. The number of hydrogen-bond donors (Lipinski definition) is 3. The van der Waals surface area contributed by atoms with Crippen LogP contribution >= 0.6 is 11.3 Å². The number of thiazole rings is 1. The molecular formula is C20H20N4OS. The molecule has 1 aromatic heterocycles. The van der Waals surface area contributed by atoms with Crippen LogP contribution in [-0.2, 0) is 6.42 Å². The van der Waals surface area contributed by atoms with E-state index in [1.807, 2.05) is 41.8 Å². The SMILES string of the molecule is O=C(NCC1CCc2ccccc2N1)Nc1nc(-c2ccccc2)cs1. The highest BCUT2D eigenvalue weighted by atomic mass is 32.1. The van der Waals surface area contributed by atoms with Gasteiger partial charge in [0, 0.05) is 29.2 Å². The zero-order valence-electron chi connectivity index (χ0n) is 14.2. The van der Waals surface area contributed by atoms with Crippen LogP contribution in [0.5, 0.6) is 0 Å². The summed E-state index contributed by atoms with van der Waals surface area (Å²) in [6, 6.07) is 18.3. The second-order valence-corrected chi connectivity index (χ2v) is 7.13. The summed E-state index contributed by atoms with van der Waals surface area (Å²) >= 11 is 1.43. The Balaban J connectivity index is 1.29. The molecule has 3 aromatic rings. The van der Waals surface area contributed by atoms with Gasteiger partial charge in [0.2, 0.25) is 0 Å². The molecule has 1 aliphatic heterocycles. The minimum Gasteiger partial charge on any atom is -0.380 e. The summed E-state index contributed by atoms with van der Waals surface area (Å²) < 4.78 is 0. The lowest BCUT2D eigenvalue weighted by Gasteiger charge is -2.27. The van der Waals surface area contributed by atoms with Crippen LogP contribution < -0.4 is 16.0 Å². The van der Waals surface area contributed by atoms with Gasteiger partial charge in [0.15, 0.2) is 5.13 Å². The Kier molecular flexibility index (Phi) is 4.84. The maximum atomic E-state index is 12.2. The van der Waals surface area contributed by atoms with Crippen LogP contribution in [0.25, 0.3) is 11.3 Å². The number of fused-ring (bicyclic) bond motifs is 1. The lowest BCUT2D eigenvalue weighted by Crippen LogP contribution is -2.40. The third-order valence-electron chi connectivity index (χ3n) is 4.44. The molecule has 0 fully saturated rings. The first-order valence-electron chi connectivity index (χ1n) is 8.68. The largest absolute Gasteiger partial charge is 0.380 e. The highest BCUT2D eigenvalue weighted by Gasteiger charge is 2.18. The molecule has 26 heavy (non-hydrogen) atoms. The standard InChI is InChI=1S/C20H20N4OS/c25-19(21-12-16-11-10-15-8-4-5-9-17(15)22-16)24-20-23-18(13-26-20)14-6-2-1-3-7-14/h1-9,13,16,22H,10-12H2,(H2,21,23,24,25). The number of hydrogen-bond acceptors (Lipinski definition) is 4. The molecule has 1 unspecified atom stereocenters. The van der Waals surface area contributed by atoms with Gasteiger partial charge in [-0.05, 0) is 24.5 Å². The van der Waals surface area contributed by atoms with E-state index >= 15 is 0 Å². The summed E-state index contributed by atoms with van der Waals surface area (Å²) in [5.41, 5.74) is 4.42. The number of nitrogens with one attached hydrogen (secondary N) is 3. The quantitative estimate of drug-likeness (QED) is 0.644. The van der Waals surface area contributed by atoms with Crippen LogP contribution in [-0.4, -0.2) is 23.6 Å². The molecule has 2 heterocycles. The van der Waals surface area contributed by atoms with Crippen molar-refractivity contribution >= 4 is 28.2 Å². The van der Waals surface area contributed by atoms with E-state index in [0.29, 0.717) is 11.7 Å². The first kappa shape index (κ1) is 16.6. The number of carbonyl (C=O) groups is 1. The first-order valence-corrected chi connectivity index (χ1v) is 9.56. The van der Waals surface area contributed by atoms with Crippen molar-refractivity contribution in [1.29, 1.82) is 0 Å². The summed E-state index contributed by atoms with van der Waals surface area (Å²) in [5.74, 6) is 0. The minimum atomic E-state index is -0.223. The van der Waals surface area contributed by atoms with Crippen molar-refractivity contribution in [2.45, 2.75) is 18.9 Å². The smallest absolute Gasteiger partial charge is 0.321 e. The van der Waals surface area contributed by atoms with Crippen molar-refractivity contribution in [2.24, 2.45) is 0 Å². The average molecular weight is 364 g/mol.